The molecule has 3 aromatic rings. The molecule has 0 atom stereocenters. The minimum absolute atomic E-state index is 0.0229. The van der Waals surface area contributed by atoms with E-state index in [0.29, 0.717) is 43.3 Å². The van der Waals surface area contributed by atoms with Crippen LogP contribution in [0.4, 0.5) is 10.1 Å². The SMILES string of the molecule is Cc1nn(C(C)(C)C)c2nc(C3CC3)cc(C(=O)N3CCN(c4cccc(F)c4C#N)CC3)c12. The second kappa shape index (κ2) is 8.08. The summed E-state index contributed by atoms with van der Waals surface area (Å²) in [6.07, 6.45) is 2.20. The van der Waals surface area contributed by atoms with Gasteiger partial charge in [0.15, 0.2) is 5.65 Å². The summed E-state index contributed by atoms with van der Waals surface area (Å²) < 4.78 is 16.0. The number of pyridine rings is 1. The monoisotopic (exact) mass is 460 g/mol. The Kier molecular flexibility index (Phi) is 5.31. The number of aryl methyl sites for hydroxylation is 1. The topological polar surface area (TPSA) is 78.1 Å². The van der Waals surface area contributed by atoms with Gasteiger partial charge < -0.3 is 9.80 Å². The van der Waals surface area contributed by atoms with E-state index in [0.717, 1.165) is 35.3 Å². The van der Waals surface area contributed by atoms with Crippen molar-refractivity contribution in [2.45, 2.75) is 52.0 Å². The first-order chi connectivity index (χ1) is 16.2. The molecule has 5 rings (SSSR count). The van der Waals surface area contributed by atoms with Gasteiger partial charge in [-0.05, 0) is 58.7 Å². The molecule has 1 amide bonds. The van der Waals surface area contributed by atoms with Crippen molar-refractivity contribution in [1.82, 2.24) is 19.7 Å². The molecule has 2 aliphatic rings. The van der Waals surface area contributed by atoms with E-state index in [1.54, 1.807) is 12.1 Å². The molecule has 2 fully saturated rings. The van der Waals surface area contributed by atoms with Crippen LogP contribution in [0.3, 0.4) is 0 Å². The lowest BCUT2D eigenvalue weighted by atomic mass is 10.0. The first-order valence-electron chi connectivity index (χ1n) is 11.8. The molecule has 2 aromatic heterocycles. The Balaban J connectivity index is 1.46. The van der Waals surface area contributed by atoms with Gasteiger partial charge in [-0.3, -0.25) is 4.79 Å². The average molecular weight is 461 g/mol. The maximum absolute atomic E-state index is 14.1. The smallest absolute Gasteiger partial charge is 0.254 e. The summed E-state index contributed by atoms with van der Waals surface area (Å²) in [5, 5.41) is 15.0. The Morgan fingerprint density at radius 1 is 1.18 bits per heavy atom. The van der Waals surface area contributed by atoms with Gasteiger partial charge >= 0.3 is 0 Å². The Morgan fingerprint density at radius 3 is 2.50 bits per heavy atom. The molecule has 1 aromatic carbocycles. The minimum Gasteiger partial charge on any atom is -0.367 e. The third-order valence-electron chi connectivity index (χ3n) is 6.71. The highest BCUT2D eigenvalue weighted by molar-refractivity contribution is 6.06. The van der Waals surface area contributed by atoms with Crippen LogP contribution < -0.4 is 4.90 Å². The zero-order chi connectivity index (χ0) is 24.2. The molecule has 0 unspecified atom stereocenters. The second-order valence-corrected chi connectivity index (χ2v) is 10.3. The number of rotatable bonds is 3. The van der Waals surface area contributed by atoms with E-state index in [4.69, 9.17) is 10.1 Å². The number of carbonyl (C=O) groups is 1. The molecule has 34 heavy (non-hydrogen) atoms. The summed E-state index contributed by atoms with van der Waals surface area (Å²) in [6, 6.07) is 8.62. The van der Waals surface area contributed by atoms with Crippen molar-refractivity contribution in [3.05, 3.63) is 52.6 Å². The van der Waals surface area contributed by atoms with Crippen molar-refractivity contribution in [1.29, 1.82) is 5.26 Å². The normalized spacial score (nSPS) is 16.7. The molecule has 0 radical (unpaired) electrons. The molecule has 7 nitrogen and oxygen atoms in total. The number of fused-ring (bicyclic) bond motifs is 1. The summed E-state index contributed by atoms with van der Waals surface area (Å²) >= 11 is 0. The largest absolute Gasteiger partial charge is 0.367 e. The summed E-state index contributed by atoms with van der Waals surface area (Å²) in [5.74, 6) is -0.129. The van der Waals surface area contributed by atoms with E-state index in [2.05, 4.69) is 20.8 Å². The van der Waals surface area contributed by atoms with Crippen molar-refractivity contribution < 1.29 is 9.18 Å². The maximum Gasteiger partial charge on any atom is 0.254 e. The molecule has 0 N–H and O–H groups in total. The molecular formula is C26H29FN6O. The zero-order valence-electron chi connectivity index (χ0n) is 20.1. The van der Waals surface area contributed by atoms with E-state index in [1.807, 2.05) is 33.5 Å². The van der Waals surface area contributed by atoms with E-state index in [-0.39, 0.29) is 17.0 Å². The highest BCUT2D eigenvalue weighted by Gasteiger charge is 2.32. The fourth-order valence-corrected chi connectivity index (χ4v) is 4.74. The van der Waals surface area contributed by atoms with Crippen molar-refractivity contribution in [3.63, 3.8) is 0 Å². The minimum atomic E-state index is -0.517. The molecule has 1 saturated carbocycles. The number of carbonyl (C=O) groups excluding carboxylic acids is 1. The molecular weight excluding hydrogens is 431 g/mol. The van der Waals surface area contributed by atoms with E-state index >= 15 is 0 Å². The van der Waals surface area contributed by atoms with Gasteiger partial charge in [0.1, 0.15) is 17.4 Å². The predicted octanol–water partition coefficient (Wildman–Crippen LogP) is 4.35. The molecule has 1 aliphatic carbocycles. The van der Waals surface area contributed by atoms with Crippen LogP contribution in [0.1, 0.15) is 66.8 Å². The van der Waals surface area contributed by atoms with Crippen LogP contribution in [-0.2, 0) is 5.54 Å². The number of piperazine rings is 1. The number of halogens is 1. The number of amides is 1. The molecule has 1 aliphatic heterocycles. The molecule has 8 heteroatoms. The van der Waals surface area contributed by atoms with Gasteiger partial charge in [-0.2, -0.15) is 10.4 Å². The van der Waals surface area contributed by atoms with Gasteiger partial charge in [0.05, 0.1) is 27.9 Å². The Morgan fingerprint density at radius 2 is 1.88 bits per heavy atom. The predicted molar refractivity (Wildman–Crippen MR) is 128 cm³/mol. The van der Waals surface area contributed by atoms with Gasteiger partial charge in [-0.1, -0.05) is 6.07 Å². The number of nitriles is 1. The van der Waals surface area contributed by atoms with Gasteiger partial charge in [-0.15, -0.1) is 0 Å². The number of benzene rings is 1. The first-order valence-corrected chi connectivity index (χ1v) is 11.8. The number of aromatic nitrogens is 3. The standard InChI is InChI=1S/C26H29FN6O/c1-16-23-18(14-21(17-8-9-17)29-24(23)33(30-16)26(2,3)4)25(34)32-12-10-31(11-13-32)22-7-5-6-20(27)19(22)15-28/h5-7,14,17H,8-13H2,1-4H3. The lowest BCUT2D eigenvalue weighted by Crippen LogP contribution is -2.49. The van der Waals surface area contributed by atoms with Crippen LogP contribution in [0.25, 0.3) is 11.0 Å². The van der Waals surface area contributed by atoms with Crippen LogP contribution in [-0.4, -0.2) is 51.8 Å². The molecule has 0 spiro atoms. The number of anilines is 1. The maximum atomic E-state index is 14.1. The van der Waals surface area contributed by atoms with Gasteiger partial charge in [0, 0.05) is 37.8 Å². The van der Waals surface area contributed by atoms with Crippen LogP contribution in [0.15, 0.2) is 24.3 Å². The third kappa shape index (κ3) is 3.79. The third-order valence-corrected chi connectivity index (χ3v) is 6.71. The summed E-state index contributed by atoms with van der Waals surface area (Å²) in [5.41, 5.74) is 3.60. The van der Waals surface area contributed by atoms with Crippen LogP contribution in [0.5, 0.6) is 0 Å². The highest BCUT2D eigenvalue weighted by Crippen LogP contribution is 2.41. The van der Waals surface area contributed by atoms with Crippen molar-refractivity contribution in [3.8, 4) is 6.07 Å². The highest BCUT2D eigenvalue weighted by atomic mass is 19.1. The van der Waals surface area contributed by atoms with Crippen LogP contribution in [0, 0.1) is 24.1 Å². The summed E-state index contributed by atoms with van der Waals surface area (Å²) in [6.45, 7) is 10.3. The van der Waals surface area contributed by atoms with E-state index in [1.165, 1.54) is 6.07 Å². The lowest BCUT2D eigenvalue weighted by molar-refractivity contribution is 0.0748. The second-order valence-electron chi connectivity index (χ2n) is 10.3. The molecule has 3 heterocycles. The van der Waals surface area contributed by atoms with Crippen LogP contribution in [0.2, 0.25) is 0 Å². The zero-order valence-corrected chi connectivity index (χ0v) is 20.1. The fraction of sp³-hybridized carbons (Fsp3) is 0.462. The van der Waals surface area contributed by atoms with E-state index in [9.17, 15) is 14.4 Å². The summed E-state index contributed by atoms with van der Waals surface area (Å²) in [7, 11) is 0. The van der Waals surface area contributed by atoms with Crippen molar-refractivity contribution >= 4 is 22.6 Å². The number of nitrogens with zero attached hydrogens (tertiary/aromatic N) is 6. The van der Waals surface area contributed by atoms with Crippen molar-refractivity contribution in [2.75, 3.05) is 31.1 Å². The Hall–Kier alpha value is -3.47. The number of hydrogen-bond donors (Lipinski definition) is 0. The first kappa shape index (κ1) is 22.3. The molecule has 1 saturated heterocycles. The lowest BCUT2D eigenvalue weighted by Gasteiger charge is -2.36. The summed E-state index contributed by atoms with van der Waals surface area (Å²) in [4.78, 5) is 22.5. The van der Waals surface area contributed by atoms with Gasteiger partial charge in [0.2, 0.25) is 0 Å². The van der Waals surface area contributed by atoms with Gasteiger partial charge in [0.25, 0.3) is 5.91 Å². The van der Waals surface area contributed by atoms with Crippen LogP contribution >= 0.6 is 0 Å². The Bertz CT molecular complexity index is 1320. The van der Waals surface area contributed by atoms with Crippen molar-refractivity contribution in [2.24, 2.45) is 0 Å². The van der Waals surface area contributed by atoms with Gasteiger partial charge in [-0.25, -0.2) is 14.1 Å². The fourth-order valence-electron chi connectivity index (χ4n) is 4.74. The average Bonchev–Trinajstić information content (AvgIpc) is 3.60. The Labute approximate surface area is 198 Å². The molecule has 0 bridgehead atoms. The molecule has 176 valence electrons. The number of hydrogen-bond acceptors (Lipinski definition) is 5. The van der Waals surface area contributed by atoms with E-state index < -0.39 is 5.82 Å². The quantitative estimate of drug-likeness (QED) is 0.581.